The molecule has 0 aromatic rings. The second-order valence-corrected chi connectivity index (χ2v) is 6.49. The van der Waals surface area contributed by atoms with Crippen LogP contribution in [0.5, 0.6) is 0 Å². The number of aliphatic imine (C=N–C) groups is 3. The number of nitrogens with zero attached hydrogens (tertiary/aromatic N) is 3. The average Bonchev–Trinajstić information content (AvgIpc) is 2.78. The molecule has 16 heteroatoms. The Morgan fingerprint density at radius 2 is 0.703 bits per heavy atom. The average molecular weight is 572 g/mol. The predicted octanol–water partition coefficient (Wildman–Crippen LogP) is -3.31. The maximum Gasteiger partial charge on any atom is 3.00 e. The standard InChI is InChI=1S/3C7H11NO4.Fe/c3*1-5(9)3-6(10)8-4-7(11)12-2;/h3*3-4H2,1-2H3,(H,8,10);/q;;;+3/p-3. The van der Waals surface area contributed by atoms with Gasteiger partial charge in [0.05, 0.1) is 21.3 Å². The summed E-state index contributed by atoms with van der Waals surface area (Å²) in [6, 6.07) is 0. The molecule has 0 aromatic carbocycles. The molecule has 0 aliphatic rings. The molecule has 1 radical (unpaired) electrons. The maximum absolute atomic E-state index is 10.7. The van der Waals surface area contributed by atoms with Crippen molar-refractivity contribution in [2.75, 3.05) is 41.0 Å². The van der Waals surface area contributed by atoms with E-state index < -0.39 is 35.6 Å². The van der Waals surface area contributed by atoms with Gasteiger partial charge >= 0.3 is 35.0 Å². The smallest absolute Gasteiger partial charge is 0.862 e. The van der Waals surface area contributed by atoms with Crippen LogP contribution in [0.3, 0.4) is 0 Å². The Morgan fingerprint density at radius 1 is 0.514 bits per heavy atom. The summed E-state index contributed by atoms with van der Waals surface area (Å²) in [5.74, 6) is -4.35. The molecule has 0 fully saturated rings. The van der Waals surface area contributed by atoms with E-state index in [2.05, 4.69) is 29.2 Å². The zero-order valence-corrected chi connectivity index (χ0v) is 22.4. The first-order chi connectivity index (χ1) is 16.7. The first kappa shape index (κ1) is 40.5. The second-order valence-electron chi connectivity index (χ2n) is 6.49. The van der Waals surface area contributed by atoms with Crippen LogP contribution in [0.4, 0.5) is 0 Å². The number of hydrogen-bond donors (Lipinski definition) is 0. The van der Waals surface area contributed by atoms with Gasteiger partial charge in [0.15, 0.2) is 0 Å². The molecule has 0 heterocycles. The minimum atomic E-state index is -0.591. The molecule has 0 aliphatic heterocycles. The quantitative estimate of drug-likeness (QED) is 0.0735. The normalized spacial score (nSPS) is 10.7. The number of methoxy groups -OCH3 is 3. The molecule has 0 bridgehead atoms. The Kier molecular flexibility index (Phi) is 27.9. The number of Topliss-reactive ketones (excluding diaryl/α,β-unsaturated/α-hetero) is 3. The van der Waals surface area contributed by atoms with Gasteiger partial charge in [0.2, 0.25) is 0 Å². The van der Waals surface area contributed by atoms with Gasteiger partial charge in [-0.2, -0.15) is 0 Å². The van der Waals surface area contributed by atoms with Crippen molar-refractivity contribution in [1.82, 2.24) is 0 Å². The van der Waals surface area contributed by atoms with Gasteiger partial charge < -0.3 is 29.5 Å². The van der Waals surface area contributed by atoms with E-state index >= 15 is 0 Å². The third kappa shape index (κ3) is 34.6. The van der Waals surface area contributed by atoms with E-state index in [1.807, 2.05) is 0 Å². The van der Waals surface area contributed by atoms with Crippen molar-refractivity contribution in [3.63, 3.8) is 0 Å². The molecule has 0 spiro atoms. The van der Waals surface area contributed by atoms with Crippen molar-refractivity contribution in [3.8, 4) is 0 Å². The molecule has 37 heavy (non-hydrogen) atoms. The van der Waals surface area contributed by atoms with Gasteiger partial charge in [-0.1, -0.05) is 0 Å². The molecular weight excluding hydrogens is 542 g/mol. The molecule has 0 saturated carbocycles. The fourth-order valence-electron chi connectivity index (χ4n) is 1.46. The molecule has 0 unspecified atom stereocenters. The van der Waals surface area contributed by atoms with Crippen molar-refractivity contribution < 1.29 is 75.4 Å². The van der Waals surface area contributed by atoms with Crippen molar-refractivity contribution in [1.29, 1.82) is 0 Å². The van der Waals surface area contributed by atoms with E-state index in [1.54, 1.807) is 0 Å². The molecule has 0 saturated heterocycles. The second kappa shape index (κ2) is 25.4. The summed E-state index contributed by atoms with van der Waals surface area (Å²) in [5, 5.41) is 32.0. The van der Waals surface area contributed by atoms with Crippen LogP contribution in [0.25, 0.3) is 0 Å². The van der Waals surface area contributed by atoms with Crippen molar-refractivity contribution in [3.05, 3.63) is 0 Å². The summed E-state index contributed by atoms with van der Waals surface area (Å²) in [6.07, 6.45) is -0.759. The number of hydrogen-bond acceptors (Lipinski definition) is 15. The fourth-order valence-corrected chi connectivity index (χ4v) is 1.46. The van der Waals surface area contributed by atoms with Crippen LogP contribution in [-0.2, 0) is 60.0 Å². The molecule has 0 aliphatic carbocycles. The van der Waals surface area contributed by atoms with Crippen LogP contribution < -0.4 is 15.3 Å². The van der Waals surface area contributed by atoms with Crippen LogP contribution in [-0.4, -0.2) is 93.9 Å². The van der Waals surface area contributed by atoms with Gasteiger partial charge in [-0.25, -0.2) is 0 Å². The molecule has 209 valence electrons. The van der Waals surface area contributed by atoms with Crippen LogP contribution >= 0.6 is 0 Å². The Balaban J connectivity index is -0.000000218. The van der Waals surface area contributed by atoms with Gasteiger partial charge in [-0.05, 0) is 38.5 Å². The topological polar surface area (TPSA) is 236 Å². The van der Waals surface area contributed by atoms with Crippen molar-refractivity contribution in [2.45, 2.75) is 40.0 Å². The van der Waals surface area contributed by atoms with Gasteiger partial charge in [0, 0.05) is 19.3 Å². The van der Waals surface area contributed by atoms with Crippen LogP contribution in [0.2, 0.25) is 0 Å². The minimum Gasteiger partial charge on any atom is -0.862 e. The SMILES string of the molecule is COC(=O)CN=C([O-])CC(C)=O.COC(=O)CN=C([O-])CC(C)=O.COC(=O)CN=C([O-])CC(C)=O.[Fe+3]. The molecule has 15 nitrogen and oxygen atoms in total. The fraction of sp³-hybridized carbons (Fsp3) is 0.571. The number of ketones is 3. The Labute approximate surface area is 224 Å². The van der Waals surface area contributed by atoms with Gasteiger partial charge in [0.1, 0.15) is 37.0 Å². The summed E-state index contributed by atoms with van der Waals surface area (Å²) in [6.45, 7) is 2.90. The van der Waals surface area contributed by atoms with Gasteiger partial charge in [-0.3, -0.25) is 43.7 Å². The maximum atomic E-state index is 10.7. The Morgan fingerprint density at radius 3 is 0.838 bits per heavy atom. The van der Waals surface area contributed by atoms with Crippen molar-refractivity contribution >= 4 is 53.0 Å². The summed E-state index contributed by atoms with van der Waals surface area (Å²) in [7, 11) is 3.61. The monoisotopic (exact) mass is 572 g/mol. The van der Waals surface area contributed by atoms with E-state index in [-0.39, 0.29) is 73.3 Å². The molecule has 0 atom stereocenters. The first-order valence-corrected chi connectivity index (χ1v) is 9.98. The predicted molar refractivity (Wildman–Crippen MR) is 119 cm³/mol. The van der Waals surface area contributed by atoms with E-state index in [9.17, 15) is 44.1 Å². The summed E-state index contributed by atoms with van der Waals surface area (Å²) < 4.78 is 12.7. The molecule has 0 N–H and O–H groups in total. The molecule has 0 aromatic heterocycles. The first-order valence-electron chi connectivity index (χ1n) is 9.98. The minimum absolute atomic E-state index is 0. The van der Waals surface area contributed by atoms with Crippen molar-refractivity contribution in [2.24, 2.45) is 15.0 Å². The third-order valence-electron chi connectivity index (χ3n) is 3.04. The third-order valence-corrected chi connectivity index (χ3v) is 3.04. The summed E-state index contributed by atoms with van der Waals surface area (Å²) in [4.78, 5) is 72.4. The van der Waals surface area contributed by atoms with E-state index in [0.29, 0.717) is 0 Å². The van der Waals surface area contributed by atoms with Gasteiger partial charge in [0.25, 0.3) is 0 Å². The number of rotatable bonds is 12. The van der Waals surface area contributed by atoms with Crippen LogP contribution in [0, 0.1) is 0 Å². The molecule has 0 rings (SSSR count). The van der Waals surface area contributed by atoms with Crippen LogP contribution in [0.15, 0.2) is 15.0 Å². The van der Waals surface area contributed by atoms with E-state index in [0.717, 1.165) is 0 Å². The summed E-state index contributed by atoms with van der Waals surface area (Å²) in [5.41, 5.74) is 0. The number of carbonyl (C=O) groups excluding carboxylic acids is 6. The zero-order chi connectivity index (χ0) is 28.7. The number of ether oxygens (including phenoxy) is 3. The van der Waals surface area contributed by atoms with Gasteiger partial charge in [-0.15, -0.1) is 0 Å². The Bertz CT molecular complexity index is 744. The number of carbonyl (C=O) groups is 6. The van der Waals surface area contributed by atoms with E-state index in [1.165, 1.54) is 42.1 Å². The number of esters is 3. The molecule has 0 amide bonds. The van der Waals surface area contributed by atoms with E-state index in [4.69, 9.17) is 0 Å². The Hall–Kier alpha value is -3.65. The largest absolute Gasteiger partial charge is 3.00 e. The summed E-state index contributed by atoms with van der Waals surface area (Å²) >= 11 is 0. The van der Waals surface area contributed by atoms with Crippen LogP contribution in [0.1, 0.15) is 40.0 Å². The molecular formula is C21H30FeN3O12. The zero-order valence-electron chi connectivity index (χ0n) is 21.3.